The fourth-order valence-corrected chi connectivity index (χ4v) is 4.19. The monoisotopic (exact) mass is 527 g/mol. The number of piperidine rings is 1. The highest BCUT2D eigenvalue weighted by atomic mass is 127. The lowest BCUT2D eigenvalue weighted by Crippen LogP contribution is -2.50. The molecule has 1 aromatic rings. The number of nitrogens with one attached hydrogen (secondary N) is 2. The van der Waals surface area contributed by atoms with Crippen LogP contribution in [0.4, 0.5) is 5.69 Å². The molecule has 1 aliphatic carbocycles. The van der Waals surface area contributed by atoms with Crippen LogP contribution >= 0.6 is 24.0 Å². The van der Waals surface area contributed by atoms with Gasteiger partial charge in [-0.3, -0.25) is 4.79 Å². The number of nitrogens with zero attached hydrogens (tertiary/aromatic N) is 3. The topological polar surface area (TPSA) is 60.0 Å². The number of rotatable bonds is 6. The lowest BCUT2D eigenvalue weighted by molar-refractivity contribution is -0.127. The smallest absolute Gasteiger partial charge is 0.243 e. The Bertz CT molecular complexity index is 653. The Morgan fingerprint density at radius 2 is 1.73 bits per heavy atom. The fourth-order valence-electron chi connectivity index (χ4n) is 4.19. The number of benzene rings is 1. The number of carbonyl (C=O) groups excluding carboxylic acids is 1. The van der Waals surface area contributed by atoms with Gasteiger partial charge in [0.1, 0.15) is 6.54 Å². The number of aliphatic imine (C=N–C) groups is 1. The Kier molecular flexibility index (Phi) is 10.7. The number of guanidine groups is 1. The Labute approximate surface area is 198 Å². The van der Waals surface area contributed by atoms with Crippen molar-refractivity contribution in [1.82, 2.24) is 15.5 Å². The molecule has 1 heterocycles. The highest BCUT2D eigenvalue weighted by molar-refractivity contribution is 14.0. The summed E-state index contributed by atoms with van der Waals surface area (Å²) in [5, 5.41) is 7.13. The number of hydrogen-bond donors (Lipinski definition) is 2. The van der Waals surface area contributed by atoms with Gasteiger partial charge in [-0.15, -0.1) is 24.0 Å². The first-order valence-electron chi connectivity index (χ1n) is 11.2. The summed E-state index contributed by atoms with van der Waals surface area (Å²) < 4.78 is 0. The van der Waals surface area contributed by atoms with Crippen LogP contribution in [-0.4, -0.2) is 63.1 Å². The molecule has 2 aliphatic rings. The number of anilines is 1. The van der Waals surface area contributed by atoms with Crippen molar-refractivity contribution in [1.29, 1.82) is 0 Å². The summed E-state index contributed by atoms with van der Waals surface area (Å²) in [5.41, 5.74) is 1.30. The second-order valence-corrected chi connectivity index (χ2v) is 8.58. The van der Waals surface area contributed by atoms with Crippen LogP contribution in [0.2, 0.25) is 0 Å². The molecule has 1 aliphatic heterocycles. The van der Waals surface area contributed by atoms with E-state index in [1.54, 1.807) is 19.0 Å². The third kappa shape index (κ3) is 7.96. The SMILES string of the molecule is CN(C)C(=O)CN=C(NCC1CCCCC1)NC1CCN(c2ccccc2)CC1.I. The van der Waals surface area contributed by atoms with E-state index in [1.807, 2.05) is 0 Å². The Balaban J connectivity index is 0.00000320. The molecule has 0 atom stereocenters. The highest BCUT2D eigenvalue weighted by Gasteiger charge is 2.21. The molecule has 6 nitrogen and oxygen atoms in total. The predicted molar refractivity (Wildman–Crippen MR) is 136 cm³/mol. The molecule has 0 spiro atoms. The van der Waals surface area contributed by atoms with Crippen LogP contribution in [0.25, 0.3) is 0 Å². The third-order valence-corrected chi connectivity index (χ3v) is 6.11. The summed E-state index contributed by atoms with van der Waals surface area (Å²) in [4.78, 5) is 20.6. The average molecular weight is 527 g/mol. The standard InChI is InChI=1S/C23H37N5O.HI/c1-27(2)22(29)18-25-23(24-17-19-9-5-3-6-10-19)26-20-13-15-28(16-14-20)21-11-7-4-8-12-21;/h4,7-8,11-12,19-20H,3,5-6,9-10,13-18H2,1-2H3,(H2,24,25,26);1H. The van der Waals surface area contributed by atoms with E-state index in [2.05, 4.69) is 50.9 Å². The summed E-state index contributed by atoms with van der Waals surface area (Å²) in [7, 11) is 3.55. The van der Waals surface area contributed by atoms with E-state index >= 15 is 0 Å². The van der Waals surface area contributed by atoms with Crippen LogP contribution in [0.1, 0.15) is 44.9 Å². The molecule has 0 radical (unpaired) electrons. The van der Waals surface area contributed by atoms with Gasteiger partial charge in [0, 0.05) is 45.5 Å². The van der Waals surface area contributed by atoms with Crippen LogP contribution in [-0.2, 0) is 4.79 Å². The fraction of sp³-hybridized carbons (Fsp3) is 0.652. The first kappa shape index (κ1) is 24.8. The van der Waals surface area contributed by atoms with Crippen molar-refractivity contribution in [3.63, 3.8) is 0 Å². The molecule has 0 aromatic heterocycles. The van der Waals surface area contributed by atoms with E-state index in [0.717, 1.165) is 44.4 Å². The highest BCUT2D eigenvalue weighted by Crippen LogP contribution is 2.23. The van der Waals surface area contributed by atoms with Gasteiger partial charge >= 0.3 is 0 Å². The molecule has 2 N–H and O–H groups in total. The molecule has 1 saturated heterocycles. The zero-order chi connectivity index (χ0) is 20.5. The van der Waals surface area contributed by atoms with Crippen molar-refractivity contribution in [2.24, 2.45) is 10.9 Å². The van der Waals surface area contributed by atoms with Gasteiger partial charge in [-0.1, -0.05) is 37.5 Å². The van der Waals surface area contributed by atoms with Gasteiger partial charge < -0.3 is 20.4 Å². The molecular weight excluding hydrogens is 489 g/mol. The molecule has 0 unspecified atom stereocenters. The van der Waals surface area contributed by atoms with Gasteiger partial charge in [-0.25, -0.2) is 4.99 Å². The van der Waals surface area contributed by atoms with Crippen LogP contribution < -0.4 is 15.5 Å². The average Bonchev–Trinajstić information content (AvgIpc) is 2.77. The Morgan fingerprint density at radius 3 is 2.37 bits per heavy atom. The maximum absolute atomic E-state index is 12.0. The van der Waals surface area contributed by atoms with Gasteiger partial charge in [-0.2, -0.15) is 0 Å². The van der Waals surface area contributed by atoms with E-state index in [-0.39, 0.29) is 36.4 Å². The second kappa shape index (κ2) is 13.0. The quantitative estimate of drug-likeness (QED) is 0.338. The van der Waals surface area contributed by atoms with E-state index in [1.165, 1.54) is 37.8 Å². The third-order valence-electron chi connectivity index (χ3n) is 6.11. The normalized spacial score (nSPS) is 18.5. The molecule has 0 bridgehead atoms. The number of likely N-dealkylation sites (N-methyl/N-ethyl adjacent to an activating group) is 1. The van der Waals surface area contributed by atoms with Crippen LogP contribution in [0.3, 0.4) is 0 Å². The van der Waals surface area contributed by atoms with Crippen molar-refractivity contribution in [2.75, 3.05) is 45.2 Å². The zero-order valence-electron chi connectivity index (χ0n) is 18.5. The van der Waals surface area contributed by atoms with Crippen molar-refractivity contribution >= 4 is 41.5 Å². The van der Waals surface area contributed by atoms with Crippen LogP contribution in [0.15, 0.2) is 35.3 Å². The van der Waals surface area contributed by atoms with Crippen molar-refractivity contribution in [2.45, 2.75) is 51.0 Å². The summed E-state index contributed by atoms with van der Waals surface area (Å²) in [6.07, 6.45) is 8.78. The first-order valence-corrected chi connectivity index (χ1v) is 11.2. The van der Waals surface area contributed by atoms with Crippen molar-refractivity contribution < 1.29 is 4.79 Å². The van der Waals surface area contributed by atoms with Gasteiger partial charge in [0.15, 0.2) is 5.96 Å². The number of carbonyl (C=O) groups is 1. The van der Waals surface area contributed by atoms with E-state index in [9.17, 15) is 4.79 Å². The molecule has 2 fully saturated rings. The van der Waals surface area contributed by atoms with E-state index in [0.29, 0.717) is 6.04 Å². The minimum absolute atomic E-state index is 0. The number of amides is 1. The van der Waals surface area contributed by atoms with Gasteiger partial charge in [0.2, 0.25) is 5.91 Å². The summed E-state index contributed by atoms with van der Waals surface area (Å²) in [6, 6.07) is 11.0. The second-order valence-electron chi connectivity index (χ2n) is 8.58. The maximum Gasteiger partial charge on any atom is 0.243 e. The number of hydrogen-bond acceptors (Lipinski definition) is 3. The molecule has 1 aromatic carbocycles. The van der Waals surface area contributed by atoms with Crippen molar-refractivity contribution in [3.8, 4) is 0 Å². The molecule has 7 heteroatoms. The Hall–Kier alpha value is -1.51. The zero-order valence-corrected chi connectivity index (χ0v) is 20.8. The largest absolute Gasteiger partial charge is 0.371 e. The van der Waals surface area contributed by atoms with Gasteiger partial charge in [0.25, 0.3) is 0 Å². The van der Waals surface area contributed by atoms with Crippen LogP contribution in [0.5, 0.6) is 0 Å². The molecule has 1 amide bonds. The maximum atomic E-state index is 12.0. The lowest BCUT2D eigenvalue weighted by Gasteiger charge is -2.35. The summed E-state index contributed by atoms with van der Waals surface area (Å²) in [5.74, 6) is 1.55. The molecule has 168 valence electrons. The predicted octanol–water partition coefficient (Wildman–Crippen LogP) is 3.48. The molecule has 30 heavy (non-hydrogen) atoms. The lowest BCUT2D eigenvalue weighted by atomic mass is 9.89. The Morgan fingerprint density at radius 1 is 1.07 bits per heavy atom. The number of halogens is 1. The summed E-state index contributed by atoms with van der Waals surface area (Å²) in [6.45, 7) is 3.21. The molecule has 1 saturated carbocycles. The summed E-state index contributed by atoms with van der Waals surface area (Å²) >= 11 is 0. The van der Waals surface area contributed by atoms with E-state index < -0.39 is 0 Å². The van der Waals surface area contributed by atoms with Crippen molar-refractivity contribution in [3.05, 3.63) is 30.3 Å². The number of para-hydroxylation sites is 1. The molecular formula is C23H38IN5O. The minimum Gasteiger partial charge on any atom is -0.371 e. The van der Waals surface area contributed by atoms with E-state index in [4.69, 9.17) is 0 Å². The minimum atomic E-state index is 0. The van der Waals surface area contributed by atoms with Gasteiger partial charge in [0.05, 0.1) is 0 Å². The van der Waals surface area contributed by atoms with Crippen LogP contribution in [0, 0.1) is 5.92 Å². The first-order chi connectivity index (χ1) is 14.1. The van der Waals surface area contributed by atoms with Gasteiger partial charge in [-0.05, 0) is 43.7 Å². The molecule has 3 rings (SSSR count).